The molecule has 5 rings (SSSR count). The Bertz CT molecular complexity index is 1160. The Balaban J connectivity index is 1.23. The van der Waals surface area contributed by atoms with E-state index in [4.69, 9.17) is 4.74 Å². The van der Waals surface area contributed by atoms with Crippen LogP contribution in [0.15, 0.2) is 79.5 Å². The second-order valence-corrected chi connectivity index (χ2v) is 7.04. The van der Waals surface area contributed by atoms with E-state index >= 15 is 0 Å². The van der Waals surface area contributed by atoms with E-state index in [1.807, 2.05) is 42.6 Å². The van der Waals surface area contributed by atoms with Gasteiger partial charge in [0.2, 0.25) is 0 Å². The van der Waals surface area contributed by atoms with Gasteiger partial charge in [0.05, 0.1) is 24.1 Å². The van der Waals surface area contributed by atoms with E-state index in [0.717, 1.165) is 34.7 Å². The van der Waals surface area contributed by atoms with E-state index in [-0.39, 0.29) is 12.0 Å². The zero-order chi connectivity index (χ0) is 20.3. The van der Waals surface area contributed by atoms with Gasteiger partial charge in [-0.25, -0.2) is 4.68 Å². The summed E-state index contributed by atoms with van der Waals surface area (Å²) < 4.78 is 7.90. The lowest BCUT2D eigenvalue weighted by Crippen LogP contribution is -2.34. The summed E-state index contributed by atoms with van der Waals surface area (Å²) in [5.74, 6) is 0.691. The SMILES string of the molecule is O=C(NC[C@@H]1Cc2cccc(-c3cnccn3)c2O1)c1ccc(-n2cccn2)cc1. The van der Waals surface area contributed by atoms with Crippen molar-refractivity contribution in [2.75, 3.05) is 6.54 Å². The normalized spacial score (nSPS) is 14.7. The molecule has 7 nitrogen and oxygen atoms in total. The van der Waals surface area contributed by atoms with Crippen molar-refractivity contribution in [3.63, 3.8) is 0 Å². The zero-order valence-electron chi connectivity index (χ0n) is 16.1. The number of para-hydroxylation sites is 1. The van der Waals surface area contributed by atoms with E-state index in [1.54, 1.807) is 41.6 Å². The summed E-state index contributed by atoms with van der Waals surface area (Å²) in [5, 5.41) is 7.16. The molecule has 1 N–H and O–H groups in total. The maximum Gasteiger partial charge on any atom is 0.251 e. The van der Waals surface area contributed by atoms with Crippen LogP contribution in [0.3, 0.4) is 0 Å². The Morgan fingerprint density at radius 1 is 1.10 bits per heavy atom. The quantitative estimate of drug-likeness (QED) is 0.560. The van der Waals surface area contributed by atoms with Crippen LogP contribution in [-0.2, 0) is 6.42 Å². The van der Waals surface area contributed by atoms with Crippen LogP contribution in [0.5, 0.6) is 5.75 Å². The predicted octanol–water partition coefficient (Wildman–Crippen LogP) is 3.06. The lowest BCUT2D eigenvalue weighted by atomic mass is 10.0. The molecule has 148 valence electrons. The van der Waals surface area contributed by atoms with Gasteiger partial charge >= 0.3 is 0 Å². The van der Waals surface area contributed by atoms with Crippen LogP contribution < -0.4 is 10.1 Å². The molecule has 0 aliphatic carbocycles. The van der Waals surface area contributed by atoms with Gasteiger partial charge in [0.1, 0.15) is 11.9 Å². The lowest BCUT2D eigenvalue weighted by Gasteiger charge is -2.13. The Kier molecular flexibility index (Phi) is 4.69. The summed E-state index contributed by atoms with van der Waals surface area (Å²) in [4.78, 5) is 21.1. The fourth-order valence-corrected chi connectivity index (χ4v) is 3.59. The molecule has 0 bridgehead atoms. The number of fused-ring (bicyclic) bond motifs is 1. The first-order valence-corrected chi connectivity index (χ1v) is 9.71. The first-order chi connectivity index (χ1) is 14.8. The second-order valence-electron chi connectivity index (χ2n) is 7.04. The minimum absolute atomic E-state index is 0.120. The summed E-state index contributed by atoms with van der Waals surface area (Å²) in [5.41, 5.74) is 4.31. The number of amides is 1. The van der Waals surface area contributed by atoms with Gasteiger partial charge in [-0.3, -0.25) is 14.8 Å². The van der Waals surface area contributed by atoms with Crippen molar-refractivity contribution in [1.82, 2.24) is 25.1 Å². The van der Waals surface area contributed by atoms with E-state index < -0.39 is 0 Å². The van der Waals surface area contributed by atoms with Crippen LogP contribution in [-0.4, -0.2) is 38.3 Å². The summed E-state index contributed by atoms with van der Waals surface area (Å²) in [6, 6.07) is 15.2. The van der Waals surface area contributed by atoms with Crippen LogP contribution in [0.2, 0.25) is 0 Å². The molecule has 3 heterocycles. The van der Waals surface area contributed by atoms with Crippen LogP contribution >= 0.6 is 0 Å². The van der Waals surface area contributed by atoms with Gasteiger partial charge < -0.3 is 10.1 Å². The largest absolute Gasteiger partial charge is 0.487 e. The van der Waals surface area contributed by atoms with E-state index in [1.165, 1.54) is 0 Å². The monoisotopic (exact) mass is 397 g/mol. The number of nitrogens with one attached hydrogen (secondary N) is 1. The molecule has 2 aromatic heterocycles. The van der Waals surface area contributed by atoms with Crippen molar-refractivity contribution >= 4 is 5.91 Å². The molecular weight excluding hydrogens is 378 g/mol. The highest BCUT2D eigenvalue weighted by atomic mass is 16.5. The summed E-state index contributed by atoms with van der Waals surface area (Å²) in [6.07, 6.45) is 9.23. The number of carbonyl (C=O) groups excluding carboxylic acids is 1. The van der Waals surface area contributed by atoms with E-state index in [0.29, 0.717) is 12.1 Å². The highest BCUT2D eigenvalue weighted by Gasteiger charge is 2.26. The zero-order valence-corrected chi connectivity index (χ0v) is 16.1. The second kappa shape index (κ2) is 7.79. The molecule has 1 aliphatic rings. The van der Waals surface area contributed by atoms with Gasteiger partial charge in [-0.05, 0) is 42.0 Å². The molecule has 1 atom stereocenters. The minimum Gasteiger partial charge on any atom is -0.487 e. The third-order valence-electron chi connectivity index (χ3n) is 5.06. The molecule has 0 saturated carbocycles. The molecule has 4 aromatic rings. The standard InChI is InChI=1S/C23H19N5O2/c29-23(16-5-7-18(8-6-16)28-12-2-9-27-28)26-14-19-13-17-3-1-4-20(22(17)30-19)21-15-24-10-11-25-21/h1-12,15,19H,13-14H2,(H,26,29)/t19-/m0/s1. The minimum atomic E-state index is -0.129. The summed E-state index contributed by atoms with van der Waals surface area (Å²) in [6.45, 7) is 0.425. The Labute approximate surface area is 173 Å². The molecule has 1 aliphatic heterocycles. The fourth-order valence-electron chi connectivity index (χ4n) is 3.59. The highest BCUT2D eigenvalue weighted by Crippen LogP contribution is 2.37. The Morgan fingerprint density at radius 3 is 2.77 bits per heavy atom. The molecule has 0 saturated heterocycles. The van der Waals surface area contributed by atoms with Crippen LogP contribution in [0.1, 0.15) is 15.9 Å². The Morgan fingerprint density at radius 2 is 2.00 bits per heavy atom. The van der Waals surface area contributed by atoms with Crippen LogP contribution in [0.4, 0.5) is 0 Å². The number of hydrogen-bond donors (Lipinski definition) is 1. The van der Waals surface area contributed by atoms with Crippen molar-refractivity contribution in [2.45, 2.75) is 12.5 Å². The van der Waals surface area contributed by atoms with Gasteiger partial charge in [0.15, 0.2) is 0 Å². The third kappa shape index (κ3) is 3.53. The number of benzene rings is 2. The first kappa shape index (κ1) is 18.1. The molecule has 0 spiro atoms. The number of rotatable bonds is 5. The Hall–Kier alpha value is -4.00. The first-order valence-electron chi connectivity index (χ1n) is 9.71. The molecule has 1 amide bonds. The van der Waals surface area contributed by atoms with Gasteiger partial charge in [0.25, 0.3) is 5.91 Å². The predicted molar refractivity (Wildman–Crippen MR) is 111 cm³/mol. The number of ether oxygens (including phenoxy) is 1. The molecule has 2 aromatic carbocycles. The van der Waals surface area contributed by atoms with Crippen molar-refractivity contribution in [3.05, 3.63) is 90.6 Å². The van der Waals surface area contributed by atoms with Gasteiger partial charge in [-0.1, -0.05) is 12.1 Å². The van der Waals surface area contributed by atoms with Crippen molar-refractivity contribution in [1.29, 1.82) is 0 Å². The molecule has 7 heteroatoms. The molecule has 30 heavy (non-hydrogen) atoms. The maximum atomic E-state index is 12.6. The maximum absolute atomic E-state index is 12.6. The average molecular weight is 397 g/mol. The third-order valence-corrected chi connectivity index (χ3v) is 5.06. The number of nitrogens with zero attached hydrogens (tertiary/aromatic N) is 4. The molecular formula is C23H19N5O2. The van der Waals surface area contributed by atoms with Gasteiger partial charge in [-0.15, -0.1) is 0 Å². The van der Waals surface area contributed by atoms with E-state index in [2.05, 4.69) is 20.4 Å². The number of aromatic nitrogens is 4. The molecule has 0 radical (unpaired) electrons. The van der Waals surface area contributed by atoms with Gasteiger partial charge in [-0.2, -0.15) is 5.10 Å². The fraction of sp³-hybridized carbons (Fsp3) is 0.130. The van der Waals surface area contributed by atoms with E-state index in [9.17, 15) is 4.79 Å². The summed E-state index contributed by atoms with van der Waals surface area (Å²) >= 11 is 0. The average Bonchev–Trinajstić information content (AvgIpc) is 3.48. The lowest BCUT2D eigenvalue weighted by molar-refractivity contribution is 0.0933. The highest BCUT2D eigenvalue weighted by molar-refractivity contribution is 5.94. The number of hydrogen-bond acceptors (Lipinski definition) is 5. The molecule has 0 unspecified atom stereocenters. The van der Waals surface area contributed by atoms with Crippen molar-refractivity contribution in [2.24, 2.45) is 0 Å². The van der Waals surface area contributed by atoms with Crippen LogP contribution in [0.25, 0.3) is 16.9 Å². The number of carbonyl (C=O) groups is 1. The molecule has 0 fully saturated rings. The van der Waals surface area contributed by atoms with Crippen molar-refractivity contribution in [3.8, 4) is 22.7 Å². The van der Waals surface area contributed by atoms with Crippen molar-refractivity contribution < 1.29 is 9.53 Å². The van der Waals surface area contributed by atoms with Crippen LogP contribution in [0, 0.1) is 0 Å². The summed E-state index contributed by atoms with van der Waals surface area (Å²) in [7, 11) is 0. The topological polar surface area (TPSA) is 81.9 Å². The smallest absolute Gasteiger partial charge is 0.251 e. The van der Waals surface area contributed by atoms with Gasteiger partial charge in [0, 0.05) is 42.3 Å².